The average Bonchev–Trinajstić information content (AvgIpc) is 2.70. The van der Waals surface area contributed by atoms with E-state index in [-0.39, 0.29) is 18.0 Å². The number of carbonyl (C=O) groups is 2. The summed E-state index contributed by atoms with van der Waals surface area (Å²) in [5.41, 5.74) is 1.13. The highest BCUT2D eigenvalue weighted by atomic mass is 19.4. The van der Waals surface area contributed by atoms with Gasteiger partial charge in [0.15, 0.2) is 0 Å². The van der Waals surface area contributed by atoms with Gasteiger partial charge in [0.05, 0.1) is 18.3 Å². The van der Waals surface area contributed by atoms with Crippen molar-refractivity contribution in [2.45, 2.75) is 77.3 Å². The monoisotopic (exact) mass is 427 g/mol. The standard InChI is InChI=1S/C22H32F3N3O2/c1-2-3-4-5-6-7-8-9-10-15-20(29)26-17-21(30)28-27-16-18-13-11-12-14-19(18)22(23,24)25/h11-14,16H,2-10,15,17H2,1H3,(H,26,29)(H,28,30). The van der Waals surface area contributed by atoms with E-state index in [1.54, 1.807) is 0 Å². The molecule has 0 atom stereocenters. The molecule has 0 fully saturated rings. The first-order valence-electron chi connectivity index (χ1n) is 10.6. The molecule has 0 aliphatic heterocycles. The minimum atomic E-state index is -4.50. The van der Waals surface area contributed by atoms with Crippen molar-refractivity contribution in [1.82, 2.24) is 10.7 Å². The molecule has 168 valence electrons. The highest BCUT2D eigenvalue weighted by Gasteiger charge is 2.32. The van der Waals surface area contributed by atoms with Crippen molar-refractivity contribution in [3.05, 3.63) is 35.4 Å². The minimum absolute atomic E-state index is 0.153. The van der Waals surface area contributed by atoms with Crippen LogP contribution in [0.4, 0.5) is 13.2 Å². The predicted octanol–water partition coefficient (Wildman–Crippen LogP) is 5.19. The highest BCUT2D eigenvalue weighted by molar-refractivity contribution is 5.86. The van der Waals surface area contributed by atoms with Gasteiger partial charge in [-0.3, -0.25) is 9.59 Å². The van der Waals surface area contributed by atoms with Crippen molar-refractivity contribution < 1.29 is 22.8 Å². The van der Waals surface area contributed by atoms with Crippen molar-refractivity contribution in [2.75, 3.05) is 6.54 Å². The normalized spacial score (nSPS) is 11.6. The van der Waals surface area contributed by atoms with Gasteiger partial charge in [-0.05, 0) is 12.5 Å². The van der Waals surface area contributed by atoms with Crippen molar-refractivity contribution >= 4 is 18.0 Å². The molecule has 0 bridgehead atoms. The topological polar surface area (TPSA) is 70.6 Å². The molecule has 0 saturated carbocycles. The first-order valence-corrected chi connectivity index (χ1v) is 10.6. The second-order valence-electron chi connectivity index (χ2n) is 7.23. The first-order chi connectivity index (χ1) is 14.3. The van der Waals surface area contributed by atoms with Crippen molar-refractivity contribution in [2.24, 2.45) is 5.10 Å². The minimum Gasteiger partial charge on any atom is -0.347 e. The van der Waals surface area contributed by atoms with Gasteiger partial charge >= 0.3 is 6.18 Å². The van der Waals surface area contributed by atoms with Crippen molar-refractivity contribution in [1.29, 1.82) is 0 Å². The van der Waals surface area contributed by atoms with Crippen molar-refractivity contribution in [3.8, 4) is 0 Å². The lowest BCUT2D eigenvalue weighted by atomic mass is 10.1. The summed E-state index contributed by atoms with van der Waals surface area (Å²) in [6.45, 7) is 1.92. The number of unbranched alkanes of at least 4 members (excludes halogenated alkanes) is 8. The average molecular weight is 428 g/mol. The maximum Gasteiger partial charge on any atom is 0.417 e. The van der Waals surface area contributed by atoms with E-state index in [1.807, 2.05) is 0 Å². The molecule has 0 saturated heterocycles. The van der Waals surface area contributed by atoms with Gasteiger partial charge in [0.1, 0.15) is 0 Å². The van der Waals surface area contributed by atoms with Crippen LogP contribution in [-0.2, 0) is 15.8 Å². The van der Waals surface area contributed by atoms with Gasteiger partial charge in [-0.25, -0.2) is 5.43 Å². The second-order valence-corrected chi connectivity index (χ2v) is 7.23. The molecule has 1 aromatic carbocycles. The molecule has 0 heterocycles. The molecule has 0 aromatic heterocycles. The first kappa shape index (κ1) is 25.7. The van der Waals surface area contributed by atoms with Gasteiger partial charge in [-0.1, -0.05) is 76.5 Å². The van der Waals surface area contributed by atoms with Gasteiger partial charge in [-0.2, -0.15) is 18.3 Å². The van der Waals surface area contributed by atoms with E-state index >= 15 is 0 Å². The molecule has 0 spiro atoms. The Kier molecular flexibility index (Phi) is 12.5. The number of nitrogens with zero attached hydrogens (tertiary/aromatic N) is 1. The number of carbonyl (C=O) groups excluding carboxylic acids is 2. The van der Waals surface area contributed by atoms with Crippen LogP contribution in [-0.4, -0.2) is 24.6 Å². The Labute approximate surface area is 176 Å². The zero-order chi connectivity index (χ0) is 22.2. The van der Waals surface area contributed by atoms with Crippen LogP contribution in [0.3, 0.4) is 0 Å². The summed E-state index contributed by atoms with van der Waals surface area (Å²) >= 11 is 0. The van der Waals surface area contributed by atoms with Gasteiger partial charge in [-0.15, -0.1) is 0 Å². The van der Waals surface area contributed by atoms with Crippen LogP contribution in [0.5, 0.6) is 0 Å². The molecular formula is C22H32F3N3O2. The third-order valence-electron chi connectivity index (χ3n) is 4.61. The number of benzene rings is 1. The zero-order valence-electron chi connectivity index (χ0n) is 17.6. The fraction of sp³-hybridized carbons (Fsp3) is 0.591. The Morgan fingerprint density at radius 2 is 1.53 bits per heavy atom. The van der Waals surface area contributed by atoms with Crippen LogP contribution in [0, 0.1) is 0 Å². The number of hydrogen-bond donors (Lipinski definition) is 2. The van der Waals surface area contributed by atoms with Crippen LogP contribution in [0.25, 0.3) is 0 Å². The molecule has 0 radical (unpaired) electrons. The molecule has 0 aliphatic rings. The summed E-state index contributed by atoms with van der Waals surface area (Å²) in [7, 11) is 0. The fourth-order valence-electron chi connectivity index (χ4n) is 2.94. The Hall–Kier alpha value is -2.38. The van der Waals surface area contributed by atoms with Gasteiger partial charge in [0.25, 0.3) is 5.91 Å². The largest absolute Gasteiger partial charge is 0.417 e. The molecule has 8 heteroatoms. The molecule has 2 amide bonds. The van der Waals surface area contributed by atoms with E-state index in [1.165, 1.54) is 56.7 Å². The number of nitrogens with one attached hydrogen (secondary N) is 2. The molecule has 2 N–H and O–H groups in total. The maximum atomic E-state index is 12.9. The van der Waals surface area contributed by atoms with Crippen LogP contribution in [0.15, 0.2) is 29.4 Å². The summed E-state index contributed by atoms with van der Waals surface area (Å²) in [5.74, 6) is -0.823. The Morgan fingerprint density at radius 1 is 0.933 bits per heavy atom. The van der Waals surface area contributed by atoms with Crippen LogP contribution in [0.2, 0.25) is 0 Å². The van der Waals surface area contributed by atoms with Crippen molar-refractivity contribution in [3.63, 3.8) is 0 Å². The smallest absolute Gasteiger partial charge is 0.347 e. The lowest BCUT2D eigenvalue weighted by Crippen LogP contribution is -2.34. The summed E-state index contributed by atoms with van der Waals surface area (Å²) in [4.78, 5) is 23.4. The van der Waals surface area contributed by atoms with Gasteiger partial charge in [0.2, 0.25) is 5.91 Å². The van der Waals surface area contributed by atoms with Gasteiger partial charge in [0, 0.05) is 12.0 Å². The fourth-order valence-corrected chi connectivity index (χ4v) is 2.94. The highest BCUT2D eigenvalue weighted by Crippen LogP contribution is 2.30. The SMILES string of the molecule is CCCCCCCCCCCC(=O)NCC(=O)NN=Cc1ccccc1C(F)(F)F. The molecule has 5 nitrogen and oxygen atoms in total. The zero-order valence-corrected chi connectivity index (χ0v) is 17.6. The second kappa shape index (κ2) is 14.6. The summed E-state index contributed by atoms with van der Waals surface area (Å²) in [6.07, 6.45) is 7.16. The number of rotatable bonds is 14. The van der Waals surface area contributed by atoms with E-state index in [0.717, 1.165) is 31.5 Å². The Morgan fingerprint density at radius 3 is 2.17 bits per heavy atom. The Bertz CT molecular complexity index is 676. The van der Waals surface area contributed by atoms with E-state index in [0.29, 0.717) is 6.42 Å². The Balaban J connectivity index is 2.17. The molecule has 0 aliphatic carbocycles. The lowest BCUT2D eigenvalue weighted by molar-refractivity contribution is -0.137. The van der Waals surface area contributed by atoms with E-state index < -0.39 is 17.6 Å². The summed E-state index contributed by atoms with van der Waals surface area (Å²) in [5, 5.41) is 6.03. The summed E-state index contributed by atoms with van der Waals surface area (Å²) in [6, 6.07) is 4.92. The van der Waals surface area contributed by atoms with E-state index in [9.17, 15) is 22.8 Å². The van der Waals surface area contributed by atoms with Crippen LogP contribution in [0.1, 0.15) is 82.3 Å². The van der Waals surface area contributed by atoms with Crippen LogP contribution >= 0.6 is 0 Å². The quantitative estimate of drug-likeness (QED) is 0.244. The van der Waals surface area contributed by atoms with E-state index in [4.69, 9.17) is 0 Å². The molecule has 30 heavy (non-hydrogen) atoms. The molecule has 1 rings (SSSR count). The number of hydrazone groups is 1. The lowest BCUT2D eigenvalue weighted by Gasteiger charge is -2.09. The third-order valence-corrected chi connectivity index (χ3v) is 4.61. The number of hydrogen-bond acceptors (Lipinski definition) is 3. The molecule has 0 unspecified atom stereocenters. The maximum absolute atomic E-state index is 12.9. The third kappa shape index (κ3) is 11.6. The number of halogens is 3. The number of alkyl halides is 3. The van der Waals surface area contributed by atoms with E-state index in [2.05, 4.69) is 22.8 Å². The molecule has 1 aromatic rings. The van der Waals surface area contributed by atoms with Gasteiger partial charge < -0.3 is 5.32 Å². The summed E-state index contributed by atoms with van der Waals surface area (Å²) < 4.78 is 38.6. The number of amides is 2. The van der Waals surface area contributed by atoms with Crippen LogP contribution < -0.4 is 10.7 Å². The predicted molar refractivity (Wildman–Crippen MR) is 112 cm³/mol. The molecular weight excluding hydrogens is 395 g/mol.